The Morgan fingerprint density at radius 3 is 1.30 bits per heavy atom. The van der Waals surface area contributed by atoms with Crippen LogP contribution in [0, 0.1) is 6.92 Å². The second-order valence-electron chi connectivity index (χ2n) is 8.45. The van der Waals surface area contributed by atoms with Gasteiger partial charge >= 0.3 is 0 Å². The maximum Gasteiger partial charge on any atom is 0.170 e. The van der Waals surface area contributed by atoms with Gasteiger partial charge in [-0.3, -0.25) is 0 Å². The molecule has 0 spiro atoms. The van der Waals surface area contributed by atoms with Crippen molar-refractivity contribution in [2.75, 3.05) is 11.5 Å². The summed E-state index contributed by atoms with van der Waals surface area (Å²) in [5.41, 5.74) is 14.0. The number of hydrogen-bond donors (Lipinski definition) is 2. The van der Waals surface area contributed by atoms with Crippen molar-refractivity contribution in [3.05, 3.63) is 121 Å². The topological polar surface area (TPSA) is 89.0 Å². The molecule has 6 heteroatoms. The van der Waals surface area contributed by atoms with Crippen LogP contribution in [0.1, 0.15) is 5.56 Å². The summed E-state index contributed by atoms with van der Waals surface area (Å²) in [6.45, 7) is 2.00. The zero-order valence-electron chi connectivity index (χ0n) is 20.3. The van der Waals surface area contributed by atoms with Crippen LogP contribution in [-0.2, 0) is 0 Å². The molecule has 0 fully saturated rings. The Hall–Kier alpha value is -5.10. The minimum absolute atomic E-state index is 0.564. The lowest BCUT2D eigenvalue weighted by Crippen LogP contribution is -1.93. The molecule has 5 aromatic rings. The molecule has 0 aliphatic rings. The molecule has 0 saturated carbocycles. The summed E-state index contributed by atoms with van der Waals surface area (Å²) in [5, 5.41) is 0. The van der Waals surface area contributed by atoms with Crippen molar-refractivity contribution in [2.45, 2.75) is 6.92 Å². The summed E-state index contributed by atoms with van der Waals surface area (Å²) in [5.74, 6) is 4.91. The number of anilines is 2. The van der Waals surface area contributed by atoms with Crippen LogP contribution in [0.4, 0.5) is 11.4 Å². The van der Waals surface area contributed by atoms with Crippen LogP contribution in [-0.4, -0.2) is 0 Å². The Bertz CT molecular complexity index is 1530. The Labute approximate surface area is 215 Å². The van der Waals surface area contributed by atoms with Crippen LogP contribution < -0.4 is 30.4 Å². The fraction of sp³-hybridized carbons (Fsp3) is 0.0323. The summed E-state index contributed by atoms with van der Waals surface area (Å²) in [6, 6.07) is 35.1. The van der Waals surface area contributed by atoms with Crippen LogP contribution in [0.25, 0.3) is 0 Å². The molecule has 5 rings (SSSR count). The van der Waals surface area contributed by atoms with Crippen molar-refractivity contribution >= 4 is 11.4 Å². The molecule has 0 bridgehead atoms. The average molecular weight is 491 g/mol. The summed E-state index contributed by atoms with van der Waals surface area (Å²) >= 11 is 0. The van der Waals surface area contributed by atoms with Gasteiger partial charge in [-0.25, -0.2) is 0 Å². The van der Waals surface area contributed by atoms with E-state index in [-0.39, 0.29) is 0 Å². The van der Waals surface area contributed by atoms with Gasteiger partial charge < -0.3 is 30.4 Å². The number of benzene rings is 5. The van der Waals surface area contributed by atoms with Gasteiger partial charge in [-0.05, 0) is 73.2 Å². The molecule has 6 nitrogen and oxygen atoms in total. The van der Waals surface area contributed by atoms with E-state index in [4.69, 9.17) is 30.4 Å². The highest BCUT2D eigenvalue weighted by Crippen LogP contribution is 2.38. The summed E-state index contributed by atoms with van der Waals surface area (Å²) < 4.78 is 24.3. The zero-order valence-corrected chi connectivity index (χ0v) is 20.3. The van der Waals surface area contributed by atoms with E-state index in [2.05, 4.69) is 0 Å². The van der Waals surface area contributed by atoms with E-state index in [9.17, 15) is 0 Å². The maximum atomic E-state index is 6.23. The second kappa shape index (κ2) is 10.7. The highest BCUT2D eigenvalue weighted by atomic mass is 16.5. The monoisotopic (exact) mass is 490 g/mol. The number of rotatable bonds is 8. The van der Waals surface area contributed by atoms with E-state index in [0.717, 1.165) is 5.56 Å². The van der Waals surface area contributed by atoms with Crippen LogP contribution in [0.5, 0.6) is 46.0 Å². The number of nitrogens with two attached hydrogens (primary N) is 2. The summed E-state index contributed by atoms with van der Waals surface area (Å²) in [6.07, 6.45) is 0. The van der Waals surface area contributed by atoms with Gasteiger partial charge in [0.25, 0.3) is 0 Å². The van der Waals surface area contributed by atoms with Crippen LogP contribution in [0.15, 0.2) is 115 Å². The molecular weight excluding hydrogens is 464 g/mol. The minimum Gasteiger partial charge on any atom is -0.457 e. The number of aryl methyl sites for hydroxylation is 1. The van der Waals surface area contributed by atoms with Gasteiger partial charge in [0.15, 0.2) is 11.5 Å². The Balaban J connectivity index is 1.34. The highest BCUT2D eigenvalue weighted by Gasteiger charge is 2.11. The fourth-order valence-electron chi connectivity index (χ4n) is 3.66. The fourth-order valence-corrected chi connectivity index (χ4v) is 3.66. The quantitative estimate of drug-likeness (QED) is 0.213. The standard InChI is InChI=1S/C31H26N2O4/c1-21-14-15-30(36-28-12-4-10-26(19-28)34-24-8-2-6-22(32)17-24)31(16-21)37-29-13-5-11-27(20-29)35-25-9-3-7-23(33)18-25/h2-20H,32-33H2,1H3. The summed E-state index contributed by atoms with van der Waals surface area (Å²) in [7, 11) is 0. The predicted molar refractivity (Wildman–Crippen MR) is 146 cm³/mol. The highest BCUT2D eigenvalue weighted by molar-refractivity contribution is 5.50. The molecule has 0 saturated heterocycles. The van der Waals surface area contributed by atoms with Gasteiger partial charge in [0.05, 0.1) is 0 Å². The van der Waals surface area contributed by atoms with E-state index >= 15 is 0 Å². The SMILES string of the molecule is Cc1ccc(Oc2cccc(Oc3cccc(N)c3)c2)c(Oc2cccc(Oc3cccc(N)c3)c2)c1. The molecule has 0 aliphatic heterocycles. The van der Waals surface area contributed by atoms with Crippen LogP contribution in [0.3, 0.4) is 0 Å². The minimum atomic E-state index is 0.564. The molecule has 0 atom stereocenters. The molecule has 0 heterocycles. The first-order chi connectivity index (χ1) is 18.0. The molecule has 4 N–H and O–H groups in total. The average Bonchev–Trinajstić information content (AvgIpc) is 2.86. The van der Waals surface area contributed by atoms with Crippen molar-refractivity contribution in [1.29, 1.82) is 0 Å². The van der Waals surface area contributed by atoms with Crippen molar-refractivity contribution < 1.29 is 18.9 Å². The number of ether oxygens (including phenoxy) is 4. The molecule has 0 unspecified atom stereocenters. The lowest BCUT2D eigenvalue weighted by atomic mass is 10.2. The van der Waals surface area contributed by atoms with E-state index in [1.165, 1.54) is 0 Å². The largest absolute Gasteiger partial charge is 0.457 e. The van der Waals surface area contributed by atoms with Crippen molar-refractivity contribution in [3.63, 3.8) is 0 Å². The van der Waals surface area contributed by atoms with Crippen molar-refractivity contribution in [3.8, 4) is 46.0 Å². The third-order valence-electron chi connectivity index (χ3n) is 5.35. The van der Waals surface area contributed by atoms with E-state index in [0.29, 0.717) is 57.4 Å². The van der Waals surface area contributed by atoms with Crippen LogP contribution >= 0.6 is 0 Å². The molecule has 0 amide bonds. The Morgan fingerprint density at radius 2 is 0.811 bits per heavy atom. The molecule has 37 heavy (non-hydrogen) atoms. The second-order valence-corrected chi connectivity index (χ2v) is 8.45. The Morgan fingerprint density at radius 1 is 0.405 bits per heavy atom. The van der Waals surface area contributed by atoms with Gasteiger partial charge in [-0.2, -0.15) is 0 Å². The van der Waals surface area contributed by atoms with Gasteiger partial charge in [0.2, 0.25) is 0 Å². The van der Waals surface area contributed by atoms with Crippen LogP contribution in [0.2, 0.25) is 0 Å². The predicted octanol–water partition coefficient (Wildman–Crippen LogP) is 8.33. The summed E-state index contributed by atoms with van der Waals surface area (Å²) in [4.78, 5) is 0. The first-order valence-electron chi connectivity index (χ1n) is 11.7. The first kappa shape index (κ1) is 23.6. The Kier molecular flexibility index (Phi) is 6.81. The number of hydrogen-bond acceptors (Lipinski definition) is 6. The van der Waals surface area contributed by atoms with E-state index in [1.807, 2.05) is 110 Å². The maximum absolute atomic E-state index is 6.23. The molecule has 0 aliphatic carbocycles. The molecule has 184 valence electrons. The molecular formula is C31H26N2O4. The normalized spacial score (nSPS) is 10.5. The molecule has 0 radical (unpaired) electrons. The third-order valence-corrected chi connectivity index (χ3v) is 5.35. The van der Waals surface area contributed by atoms with Gasteiger partial charge in [0.1, 0.15) is 34.5 Å². The van der Waals surface area contributed by atoms with Crippen molar-refractivity contribution in [2.24, 2.45) is 0 Å². The molecule has 0 aromatic heterocycles. The number of nitrogen functional groups attached to an aromatic ring is 2. The van der Waals surface area contributed by atoms with Gasteiger partial charge in [-0.1, -0.05) is 30.3 Å². The molecule has 5 aromatic carbocycles. The lowest BCUT2D eigenvalue weighted by molar-refractivity contribution is 0.412. The van der Waals surface area contributed by atoms with Crippen molar-refractivity contribution in [1.82, 2.24) is 0 Å². The first-order valence-corrected chi connectivity index (χ1v) is 11.7. The smallest absolute Gasteiger partial charge is 0.170 e. The van der Waals surface area contributed by atoms with E-state index < -0.39 is 0 Å². The third kappa shape index (κ3) is 6.32. The van der Waals surface area contributed by atoms with E-state index in [1.54, 1.807) is 12.1 Å². The van der Waals surface area contributed by atoms with Gasteiger partial charge in [0, 0.05) is 35.6 Å². The lowest BCUT2D eigenvalue weighted by Gasteiger charge is -2.15. The van der Waals surface area contributed by atoms with Gasteiger partial charge in [-0.15, -0.1) is 0 Å². The zero-order chi connectivity index (χ0) is 25.6.